The molecule has 0 radical (unpaired) electrons. The molecule has 0 amide bonds. The van der Waals surface area contributed by atoms with Crippen LogP contribution in [0.25, 0.3) is 0 Å². The maximum atomic E-state index is 13.2. The molecule has 0 aliphatic heterocycles. The zero-order valence-electron chi connectivity index (χ0n) is 20.9. The Morgan fingerprint density at radius 3 is 2.56 bits per heavy atom. The van der Waals surface area contributed by atoms with Gasteiger partial charge in [-0.1, -0.05) is 19.4 Å². The average Bonchev–Trinajstić information content (AvgIpc) is 3.06. The second-order valence-electron chi connectivity index (χ2n) is 11.5. The van der Waals surface area contributed by atoms with Crippen molar-refractivity contribution in [2.75, 3.05) is 6.61 Å². The lowest BCUT2D eigenvalue weighted by Gasteiger charge is -2.60. The highest BCUT2D eigenvalue weighted by Crippen LogP contribution is 2.67. The van der Waals surface area contributed by atoms with Crippen LogP contribution in [-0.2, 0) is 23.9 Å². The van der Waals surface area contributed by atoms with Crippen LogP contribution >= 0.6 is 12.4 Å². The van der Waals surface area contributed by atoms with Gasteiger partial charge in [0.05, 0.1) is 6.10 Å². The van der Waals surface area contributed by atoms with Gasteiger partial charge in [0, 0.05) is 18.3 Å². The van der Waals surface area contributed by atoms with Crippen molar-refractivity contribution in [1.82, 2.24) is 0 Å². The average molecular weight is 528 g/mol. The van der Waals surface area contributed by atoms with Crippen LogP contribution in [0.5, 0.6) is 0 Å². The number of aliphatic carboxylic acids is 1. The van der Waals surface area contributed by atoms with Gasteiger partial charge in [-0.15, -0.1) is 12.4 Å². The number of Topliss-reactive ketones (excluding diaryl/α,β-unsaturated/α-hetero) is 1. The third-order valence-electron chi connectivity index (χ3n) is 9.83. The van der Waals surface area contributed by atoms with E-state index in [0.717, 1.165) is 18.4 Å². The van der Waals surface area contributed by atoms with Crippen molar-refractivity contribution in [2.45, 2.75) is 89.4 Å². The first-order valence-corrected chi connectivity index (χ1v) is 12.6. The molecule has 0 aromatic rings. The number of hydrogen-bond acceptors (Lipinski definition) is 8. The molecule has 4 aliphatic rings. The molecule has 10 heteroatoms. The fourth-order valence-corrected chi connectivity index (χ4v) is 7.91. The van der Waals surface area contributed by atoms with Gasteiger partial charge >= 0.3 is 11.9 Å². The topological polar surface area (TPSA) is 164 Å². The molecule has 0 aromatic heterocycles. The van der Waals surface area contributed by atoms with Crippen LogP contribution in [0.4, 0.5) is 0 Å². The van der Waals surface area contributed by atoms with Crippen LogP contribution in [0.2, 0.25) is 0 Å². The third kappa shape index (κ3) is 4.52. The summed E-state index contributed by atoms with van der Waals surface area (Å²) in [6, 6.07) is -1.16. The number of ketones is 2. The van der Waals surface area contributed by atoms with Crippen molar-refractivity contribution < 1.29 is 39.2 Å². The number of carboxylic acid groups (broad SMARTS) is 1. The molecule has 0 saturated heterocycles. The molecule has 36 heavy (non-hydrogen) atoms. The molecule has 0 heterocycles. The lowest BCUT2D eigenvalue weighted by molar-refractivity contribution is -0.184. The molecule has 0 aromatic carbocycles. The number of nitrogens with two attached hydrogens (primary N) is 1. The number of carbonyl (C=O) groups is 4. The minimum Gasteiger partial charge on any atom is -0.481 e. The van der Waals surface area contributed by atoms with Crippen LogP contribution < -0.4 is 5.73 Å². The van der Waals surface area contributed by atoms with E-state index in [2.05, 4.69) is 6.92 Å². The Hall–Kier alpha value is -1.81. The molecule has 0 spiro atoms. The van der Waals surface area contributed by atoms with E-state index in [-0.39, 0.29) is 67.0 Å². The summed E-state index contributed by atoms with van der Waals surface area (Å²) in [6.45, 7) is 3.36. The summed E-state index contributed by atoms with van der Waals surface area (Å²) in [6.07, 6.45) is 4.51. The van der Waals surface area contributed by atoms with E-state index in [0.29, 0.717) is 19.3 Å². The van der Waals surface area contributed by atoms with Gasteiger partial charge in [-0.3, -0.25) is 19.2 Å². The van der Waals surface area contributed by atoms with Gasteiger partial charge < -0.3 is 25.8 Å². The maximum absolute atomic E-state index is 13.2. The Morgan fingerprint density at radius 1 is 1.19 bits per heavy atom. The van der Waals surface area contributed by atoms with Gasteiger partial charge in [-0.05, 0) is 74.2 Å². The van der Waals surface area contributed by atoms with E-state index in [1.165, 1.54) is 0 Å². The number of carbonyl (C=O) groups excluding carboxylic acids is 3. The molecule has 4 aliphatic carbocycles. The van der Waals surface area contributed by atoms with Gasteiger partial charge in [0.2, 0.25) is 5.78 Å². The van der Waals surface area contributed by atoms with Crippen molar-refractivity contribution in [3.05, 3.63) is 11.6 Å². The van der Waals surface area contributed by atoms with E-state index >= 15 is 0 Å². The van der Waals surface area contributed by atoms with Crippen LogP contribution in [0.3, 0.4) is 0 Å². The fourth-order valence-electron chi connectivity index (χ4n) is 7.91. The molecule has 4 rings (SSSR count). The van der Waals surface area contributed by atoms with Crippen molar-refractivity contribution in [3.63, 3.8) is 0 Å². The lowest BCUT2D eigenvalue weighted by Crippen LogP contribution is -2.62. The standard InChI is InChI=1S/C26H37NO8.ClH/c1-24-9-7-15(28)11-14(24)3-4-16-17-8-10-26(34,25(17,2)12-19(29)22(16)24)20(30)13-35-23(33)18(27)5-6-21(31)32;/h11,16-19,22,29,34H,3-10,12-13,27H2,1-2H3,(H,31,32);1H/t16-,17-,18-,19-,22+,24-,25-,26-;/m0./s1. The van der Waals surface area contributed by atoms with E-state index in [9.17, 15) is 29.4 Å². The number of ether oxygens (including phenoxy) is 1. The van der Waals surface area contributed by atoms with Gasteiger partial charge in [0.15, 0.2) is 12.4 Å². The Balaban J connectivity index is 0.00000361. The number of halogens is 1. The Kier molecular flexibility index (Phi) is 8.11. The number of allylic oxidation sites excluding steroid dienone is 1. The number of esters is 1. The van der Waals surface area contributed by atoms with Crippen molar-refractivity contribution in [1.29, 1.82) is 0 Å². The molecular weight excluding hydrogens is 490 g/mol. The molecule has 0 bridgehead atoms. The second-order valence-corrected chi connectivity index (χ2v) is 11.5. The van der Waals surface area contributed by atoms with E-state index in [1.807, 2.05) is 6.92 Å². The monoisotopic (exact) mass is 527 g/mol. The number of aliphatic hydroxyl groups excluding tert-OH is 1. The number of rotatable bonds is 7. The summed E-state index contributed by atoms with van der Waals surface area (Å²) in [5.74, 6) is -2.32. The second kappa shape index (κ2) is 10.2. The van der Waals surface area contributed by atoms with Crippen LogP contribution in [0, 0.1) is 28.6 Å². The van der Waals surface area contributed by atoms with E-state index < -0.39 is 47.5 Å². The van der Waals surface area contributed by atoms with E-state index in [4.69, 9.17) is 15.6 Å². The quantitative estimate of drug-likeness (QED) is 0.362. The number of hydrogen-bond donors (Lipinski definition) is 4. The summed E-state index contributed by atoms with van der Waals surface area (Å²) < 4.78 is 5.06. The maximum Gasteiger partial charge on any atom is 0.323 e. The van der Waals surface area contributed by atoms with Crippen LogP contribution in [0.15, 0.2) is 11.6 Å². The van der Waals surface area contributed by atoms with Crippen LogP contribution in [0.1, 0.15) is 71.6 Å². The molecule has 0 unspecified atom stereocenters. The summed E-state index contributed by atoms with van der Waals surface area (Å²) in [4.78, 5) is 48.1. The predicted molar refractivity (Wildman–Crippen MR) is 131 cm³/mol. The SMILES string of the molecule is C[C@]12CCC(=O)C=C1CC[C@@H]1[C@@H]2[C@@H](O)C[C@@]2(C)[C@H]1CC[C@]2(O)C(=O)COC(=O)[C@@H](N)CCC(=O)O.Cl. The summed E-state index contributed by atoms with van der Waals surface area (Å²) in [7, 11) is 0. The summed E-state index contributed by atoms with van der Waals surface area (Å²) >= 11 is 0. The Morgan fingerprint density at radius 2 is 1.89 bits per heavy atom. The number of fused-ring (bicyclic) bond motifs is 5. The minimum atomic E-state index is -1.74. The Bertz CT molecular complexity index is 968. The summed E-state index contributed by atoms with van der Waals surface area (Å²) in [5.41, 5.74) is 3.91. The fraction of sp³-hybridized carbons (Fsp3) is 0.769. The van der Waals surface area contributed by atoms with Crippen molar-refractivity contribution >= 4 is 35.9 Å². The highest BCUT2D eigenvalue weighted by Gasteiger charge is 2.68. The molecule has 3 saturated carbocycles. The third-order valence-corrected chi connectivity index (χ3v) is 9.83. The van der Waals surface area contributed by atoms with Crippen molar-refractivity contribution in [3.8, 4) is 0 Å². The highest BCUT2D eigenvalue weighted by atomic mass is 35.5. The lowest BCUT2D eigenvalue weighted by atomic mass is 9.45. The molecule has 9 nitrogen and oxygen atoms in total. The molecule has 5 N–H and O–H groups in total. The first-order chi connectivity index (χ1) is 16.3. The summed E-state index contributed by atoms with van der Waals surface area (Å²) in [5, 5.41) is 31.8. The molecular formula is C26H38ClNO8. The normalized spacial score (nSPS) is 40.0. The van der Waals surface area contributed by atoms with Gasteiger partial charge in [0.1, 0.15) is 11.6 Å². The van der Waals surface area contributed by atoms with E-state index in [1.54, 1.807) is 6.08 Å². The number of aliphatic hydroxyl groups is 2. The Labute approximate surface area is 217 Å². The molecule has 3 fully saturated rings. The zero-order valence-corrected chi connectivity index (χ0v) is 21.7. The van der Waals surface area contributed by atoms with Gasteiger partial charge in [0.25, 0.3) is 0 Å². The highest BCUT2D eigenvalue weighted by molar-refractivity contribution is 5.92. The first kappa shape index (κ1) is 28.8. The van der Waals surface area contributed by atoms with Crippen LogP contribution in [-0.4, -0.2) is 63.2 Å². The smallest absolute Gasteiger partial charge is 0.323 e. The minimum absolute atomic E-state index is 0. The zero-order chi connectivity index (χ0) is 25.8. The molecule has 202 valence electrons. The number of carboxylic acids is 1. The largest absolute Gasteiger partial charge is 0.481 e. The first-order valence-electron chi connectivity index (χ1n) is 12.6. The molecule has 8 atom stereocenters. The van der Waals surface area contributed by atoms with Crippen molar-refractivity contribution in [2.24, 2.45) is 34.3 Å². The predicted octanol–water partition coefficient (Wildman–Crippen LogP) is 1.95. The van der Waals surface area contributed by atoms with Gasteiger partial charge in [-0.25, -0.2) is 0 Å². The van der Waals surface area contributed by atoms with Gasteiger partial charge in [-0.2, -0.15) is 0 Å².